The second-order valence-electron chi connectivity index (χ2n) is 7.00. The summed E-state index contributed by atoms with van der Waals surface area (Å²) in [4.78, 5) is 0. The first kappa shape index (κ1) is 15.8. The largest absolute Gasteiger partial charge is 0.347 e. The van der Waals surface area contributed by atoms with E-state index in [1.54, 1.807) is 0 Å². The van der Waals surface area contributed by atoms with Crippen molar-refractivity contribution >= 4 is 10.9 Å². The van der Waals surface area contributed by atoms with Crippen LogP contribution in [0.1, 0.15) is 39.7 Å². The third-order valence-corrected chi connectivity index (χ3v) is 3.70. The number of hydrogen-bond donors (Lipinski definition) is 1. The summed E-state index contributed by atoms with van der Waals surface area (Å²) in [7, 11) is 0. The number of rotatable bonds is 6. The number of allylic oxidation sites excluding steroid dienone is 1. The van der Waals surface area contributed by atoms with Crippen LogP contribution < -0.4 is 5.32 Å². The molecular formula is C19H28N2. The summed E-state index contributed by atoms with van der Waals surface area (Å²) in [5.74, 6) is 0. The summed E-state index contributed by atoms with van der Waals surface area (Å²) >= 11 is 0. The van der Waals surface area contributed by atoms with Crippen molar-refractivity contribution in [1.29, 1.82) is 0 Å². The quantitative estimate of drug-likeness (QED) is 0.771. The second-order valence-corrected chi connectivity index (χ2v) is 7.00. The van der Waals surface area contributed by atoms with Gasteiger partial charge in [0.05, 0.1) is 0 Å². The van der Waals surface area contributed by atoms with E-state index >= 15 is 0 Å². The third-order valence-electron chi connectivity index (χ3n) is 3.70. The molecule has 1 aromatic carbocycles. The lowest BCUT2D eigenvalue weighted by Crippen LogP contribution is -2.37. The van der Waals surface area contributed by atoms with E-state index in [0.717, 1.165) is 25.9 Å². The zero-order valence-electron chi connectivity index (χ0n) is 13.9. The molecule has 0 spiro atoms. The molecule has 2 nitrogen and oxygen atoms in total. The van der Waals surface area contributed by atoms with Gasteiger partial charge in [-0.05, 0) is 58.7 Å². The van der Waals surface area contributed by atoms with Crippen LogP contribution in [0.3, 0.4) is 0 Å². The molecule has 1 N–H and O–H groups in total. The molecule has 1 aromatic heterocycles. The summed E-state index contributed by atoms with van der Waals surface area (Å²) in [5, 5.41) is 4.96. The predicted molar refractivity (Wildman–Crippen MR) is 92.8 cm³/mol. The van der Waals surface area contributed by atoms with Crippen LogP contribution in [0.4, 0.5) is 0 Å². The van der Waals surface area contributed by atoms with Gasteiger partial charge in [-0.25, -0.2) is 0 Å². The minimum atomic E-state index is 0.179. The van der Waals surface area contributed by atoms with Crippen molar-refractivity contribution in [3.8, 4) is 0 Å². The van der Waals surface area contributed by atoms with Crippen molar-refractivity contribution in [1.82, 2.24) is 9.88 Å². The number of nitrogens with zero attached hydrogens (tertiary/aromatic N) is 1. The van der Waals surface area contributed by atoms with Crippen molar-refractivity contribution in [2.24, 2.45) is 0 Å². The molecule has 0 aliphatic carbocycles. The first-order chi connectivity index (χ1) is 9.87. The molecule has 0 amide bonds. The Kier molecular flexibility index (Phi) is 4.89. The molecule has 21 heavy (non-hydrogen) atoms. The van der Waals surface area contributed by atoms with Crippen LogP contribution >= 0.6 is 0 Å². The van der Waals surface area contributed by atoms with E-state index in [1.165, 1.54) is 22.0 Å². The number of fused-ring (bicyclic) bond motifs is 1. The van der Waals surface area contributed by atoms with Crippen LogP contribution in [-0.2, 0) is 13.0 Å². The lowest BCUT2D eigenvalue weighted by atomic mass is 10.1. The highest BCUT2D eigenvalue weighted by Crippen LogP contribution is 2.22. The maximum Gasteiger partial charge on any atom is 0.0483 e. The summed E-state index contributed by atoms with van der Waals surface area (Å²) in [6.45, 7) is 14.8. The van der Waals surface area contributed by atoms with Crippen LogP contribution in [0.15, 0.2) is 42.6 Å². The van der Waals surface area contributed by atoms with Crippen molar-refractivity contribution in [3.05, 3.63) is 48.2 Å². The van der Waals surface area contributed by atoms with Gasteiger partial charge in [-0.2, -0.15) is 0 Å². The fourth-order valence-electron chi connectivity index (χ4n) is 2.59. The second kappa shape index (κ2) is 6.48. The maximum absolute atomic E-state index is 4.01. The molecule has 0 atom stereocenters. The van der Waals surface area contributed by atoms with Gasteiger partial charge >= 0.3 is 0 Å². The summed E-state index contributed by atoms with van der Waals surface area (Å²) < 4.78 is 2.37. The van der Waals surface area contributed by atoms with Crippen molar-refractivity contribution in [2.45, 2.75) is 52.6 Å². The molecule has 2 heteroatoms. The first-order valence-electron chi connectivity index (χ1n) is 7.83. The van der Waals surface area contributed by atoms with Gasteiger partial charge in [-0.15, -0.1) is 6.58 Å². The number of aryl methyl sites for hydroxylation is 1. The highest BCUT2D eigenvalue weighted by molar-refractivity contribution is 5.84. The fourth-order valence-corrected chi connectivity index (χ4v) is 2.59. The Balaban J connectivity index is 2.17. The molecule has 0 bridgehead atoms. The normalized spacial score (nSPS) is 12.0. The van der Waals surface area contributed by atoms with E-state index in [4.69, 9.17) is 0 Å². The average Bonchev–Trinajstić information content (AvgIpc) is 2.74. The number of para-hydroxylation sites is 1. The Labute approximate surface area is 128 Å². The van der Waals surface area contributed by atoms with Crippen LogP contribution in [0.25, 0.3) is 10.9 Å². The maximum atomic E-state index is 4.01. The van der Waals surface area contributed by atoms with Gasteiger partial charge in [0.15, 0.2) is 0 Å². The highest BCUT2D eigenvalue weighted by Gasteiger charge is 2.11. The molecule has 2 rings (SSSR count). The summed E-state index contributed by atoms with van der Waals surface area (Å²) in [6.07, 6.45) is 4.42. The number of aromatic nitrogens is 1. The molecule has 0 saturated heterocycles. The molecule has 0 saturated carbocycles. The molecule has 114 valence electrons. The number of benzene rings is 1. The van der Waals surface area contributed by atoms with Crippen molar-refractivity contribution < 1.29 is 0 Å². The zero-order valence-corrected chi connectivity index (χ0v) is 13.9. The molecule has 0 aliphatic heterocycles. The van der Waals surface area contributed by atoms with Gasteiger partial charge < -0.3 is 9.88 Å². The van der Waals surface area contributed by atoms with E-state index in [9.17, 15) is 0 Å². The van der Waals surface area contributed by atoms with Gasteiger partial charge in [-0.1, -0.05) is 23.8 Å². The van der Waals surface area contributed by atoms with E-state index in [2.05, 4.69) is 74.6 Å². The first-order valence-corrected chi connectivity index (χ1v) is 7.83. The molecule has 2 aromatic rings. The minimum absolute atomic E-state index is 0.179. The van der Waals surface area contributed by atoms with Crippen LogP contribution in [0.5, 0.6) is 0 Å². The Morgan fingerprint density at radius 3 is 2.62 bits per heavy atom. The number of nitrogens with one attached hydrogen (secondary N) is 1. The van der Waals surface area contributed by atoms with Crippen LogP contribution in [0.2, 0.25) is 0 Å². The molecule has 0 radical (unpaired) electrons. The summed E-state index contributed by atoms with van der Waals surface area (Å²) in [6, 6.07) is 8.70. The smallest absolute Gasteiger partial charge is 0.0483 e. The summed E-state index contributed by atoms with van der Waals surface area (Å²) in [5.41, 5.74) is 4.19. The van der Waals surface area contributed by atoms with Gasteiger partial charge in [-0.3, -0.25) is 0 Å². The third kappa shape index (κ3) is 4.47. The zero-order chi connectivity index (χ0) is 15.5. The molecular weight excluding hydrogens is 256 g/mol. The van der Waals surface area contributed by atoms with Gasteiger partial charge in [0.2, 0.25) is 0 Å². The van der Waals surface area contributed by atoms with E-state index in [-0.39, 0.29) is 5.54 Å². The van der Waals surface area contributed by atoms with Gasteiger partial charge in [0, 0.05) is 29.2 Å². The topological polar surface area (TPSA) is 17.0 Å². The lowest BCUT2D eigenvalue weighted by molar-refractivity contribution is 0.429. The minimum Gasteiger partial charge on any atom is -0.347 e. The highest BCUT2D eigenvalue weighted by atomic mass is 15.0. The van der Waals surface area contributed by atoms with Crippen molar-refractivity contribution in [3.63, 3.8) is 0 Å². The number of hydrogen-bond acceptors (Lipinski definition) is 1. The molecule has 0 unspecified atom stereocenters. The van der Waals surface area contributed by atoms with Gasteiger partial charge in [0.25, 0.3) is 0 Å². The van der Waals surface area contributed by atoms with Gasteiger partial charge in [0.1, 0.15) is 0 Å². The van der Waals surface area contributed by atoms with E-state index in [0.29, 0.717) is 0 Å². The SMILES string of the molecule is C=C(C)CCn1cc(CCNC(C)(C)C)c2ccccc21. The predicted octanol–water partition coefficient (Wildman–Crippen LogP) is 4.54. The molecule has 1 heterocycles. The Bertz CT molecular complexity index is 614. The van der Waals surface area contributed by atoms with Crippen molar-refractivity contribution in [2.75, 3.05) is 6.54 Å². The van der Waals surface area contributed by atoms with E-state index in [1.807, 2.05) is 0 Å². The lowest BCUT2D eigenvalue weighted by Gasteiger charge is -2.20. The average molecular weight is 284 g/mol. The monoisotopic (exact) mass is 284 g/mol. The molecule has 0 fully saturated rings. The Hall–Kier alpha value is -1.54. The molecule has 0 aliphatic rings. The van der Waals surface area contributed by atoms with E-state index < -0.39 is 0 Å². The standard InChI is InChI=1S/C19H28N2/c1-15(2)11-13-21-14-16(10-12-20-19(3,4)5)17-8-6-7-9-18(17)21/h6-9,14,20H,1,10-13H2,2-5H3. The van der Waals surface area contributed by atoms with Crippen LogP contribution in [-0.4, -0.2) is 16.7 Å². The fraction of sp³-hybridized carbons (Fsp3) is 0.474. The Morgan fingerprint density at radius 2 is 1.95 bits per heavy atom. The Morgan fingerprint density at radius 1 is 1.24 bits per heavy atom. The van der Waals surface area contributed by atoms with Crippen LogP contribution in [0, 0.1) is 0 Å².